The molecule has 3 rings (SSSR count). The molecule has 30 heavy (non-hydrogen) atoms. The van der Waals surface area contributed by atoms with E-state index >= 15 is 0 Å². The van der Waals surface area contributed by atoms with E-state index in [9.17, 15) is 14.0 Å². The third-order valence-corrected chi connectivity index (χ3v) is 5.03. The SMILES string of the molecule is NC(=O)c1cccc(OCC(=O)NCCCN2CCN(c3ccccc3F)CC2)c1. The molecule has 1 saturated heterocycles. The number of carbonyl (C=O) groups excluding carboxylic acids is 2. The molecule has 2 amide bonds. The van der Waals surface area contributed by atoms with Crippen LogP contribution in [0.3, 0.4) is 0 Å². The molecule has 1 heterocycles. The lowest BCUT2D eigenvalue weighted by Crippen LogP contribution is -2.47. The van der Waals surface area contributed by atoms with Gasteiger partial charge in [0.25, 0.3) is 5.91 Å². The summed E-state index contributed by atoms with van der Waals surface area (Å²) in [7, 11) is 0. The predicted octanol–water partition coefficient (Wildman–Crippen LogP) is 1.63. The molecule has 0 radical (unpaired) electrons. The molecule has 2 aromatic carbocycles. The van der Waals surface area contributed by atoms with Gasteiger partial charge >= 0.3 is 0 Å². The molecule has 3 N–H and O–H groups in total. The summed E-state index contributed by atoms with van der Waals surface area (Å²) < 4.78 is 19.3. The number of nitrogens with two attached hydrogens (primary N) is 1. The number of benzene rings is 2. The van der Waals surface area contributed by atoms with Crippen molar-refractivity contribution in [1.29, 1.82) is 0 Å². The van der Waals surface area contributed by atoms with E-state index in [0.29, 0.717) is 23.5 Å². The fraction of sp³-hybridized carbons (Fsp3) is 0.364. The summed E-state index contributed by atoms with van der Waals surface area (Å²) in [5.74, 6) is -0.519. The average molecular weight is 414 g/mol. The van der Waals surface area contributed by atoms with E-state index < -0.39 is 5.91 Å². The zero-order valence-electron chi connectivity index (χ0n) is 16.9. The first-order valence-electron chi connectivity index (χ1n) is 10.0. The first-order valence-corrected chi connectivity index (χ1v) is 10.0. The van der Waals surface area contributed by atoms with Crippen LogP contribution < -0.4 is 20.7 Å². The topological polar surface area (TPSA) is 87.9 Å². The summed E-state index contributed by atoms with van der Waals surface area (Å²) in [6.07, 6.45) is 0.822. The molecule has 0 spiro atoms. The molecule has 0 bridgehead atoms. The Balaban J connectivity index is 1.30. The predicted molar refractivity (Wildman–Crippen MR) is 113 cm³/mol. The lowest BCUT2D eigenvalue weighted by molar-refractivity contribution is -0.123. The molecular weight excluding hydrogens is 387 g/mol. The highest BCUT2D eigenvalue weighted by atomic mass is 19.1. The van der Waals surface area contributed by atoms with Crippen molar-refractivity contribution in [3.05, 3.63) is 59.9 Å². The van der Waals surface area contributed by atoms with Crippen LogP contribution in [0.2, 0.25) is 0 Å². The fourth-order valence-electron chi connectivity index (χ4n) is 3.39. The molecule has 0 saturated carbocycles. The van der Waals surface area contributed by atoms with Crippen LogP contribution in [0.5, 0.6) is 5.75 Å². The average Bonchev–Trinajstić information content (AvgIpc) is 2.76. The number of rotatable bonds is 9. The molecule has 1 aliphatic heterocycles. The Kier molecular flexibility index (Phi) is 7.62. The lowest BCUT2D eigenvalue weighted by atomic mass is 10.2. The van der Waals surface area contributed by atoms with Crippen LogP contribution in [0.25, 0.3) is 0 Å². The molecule has 8 heteroatoms. The third kappa shape index (κ3) is 6.18. The summed E-state index contributed by atoms with van der Waals surface area (Å²) in [6, 6.07) is 13.3. The number of carbonyl (C=O) groups is 2. The Labute approximate surface area is 175 Å². The largest absolute Gasteiger partial charge is 0.484 e. The second kappa shape index (κ2) is 10.6. The summed E-state index contributed by atoms with van der Waals surface area (Å²) >= 11 is 0. The first kappa shape index (κ1) is 21.6. The molecule has 2 aromatic rings. The molecular formula is C22H27FN4O3. The van der Waals surface area contributed by atoms with Gasteiger partial charge < -0.3 is 20.7 Å². The van der Waals surface area contributed by atoms with Crippen LogP contribution in [-0.2, 0) is 4.79 Å². The van der Waals surface area contributed by atoms with E-state index in [4.69, 9.17) is 10.5 Å². The maximum Gasteiger partial charge on any atom is 0.257 e. The number of piperazine rings is 1. The summed E-state index contributed by atoms with van der Waals surface area (Å²) in [4.78, 5) is 27.5. The van der Waals surface area contributed by atoms with Crippen molar-refractivity contribution >= 4 is 17.5 Å². The van der Waals surface area contributed by atoms with Gasteiger partial charge in [-0.3, -0.25) is 14.5 Å². The van der Waals surface area contributed by atoms with Gasteiger partial charge in [-0.1, -0.05) is 18.2 Å². The monoisotopic (exact) mass is 414 g/mol. The number of primary amides is 1. The van der Waals surface area contributed by atoms with Gasteiger partial charge in [0.05, 0.1) is 5.69 Å². The second-order valence-corrected chi connectivity index (χ2v) is 7.16. The summed E-state index contributed by atoms with van der Waals surface area (Å²) in [5, 5.41) is 2.83. The van der Waals surface area contributed by atoms with Gasteiger partial charge in [0.1, 0.15) is 11.6 Å². The fourth-order valence-corrected chi connectivity index (χ4v) is 3.39. The maximum atomic E-state index is 13.9. The van der Waals surface area contributed by atoms with Crippen molar-refractivity contribution in [2.45, 2.75) is 6.42 Å². The van der Waals surface area contributed by atoms with Crippen molar-refractivity contribution in [2.24, 2.45) is 5.73 Å². The Morgan fingerprint density at radius 2 is 1.83 bits per heavy atom. The lowest BCUT2D eigenvalue weighted by Gasteiger charge is -2.36. The smallest absolute Gasteiger partial charge is 0.257 e. The van der Waals surface area contributed by atoms with E-state index in [0.717, 1.165) is 39.1 Å². The van der Waals surface area contributed by atoms with E-state index in [1.54, 1.807) is 24.3 Å². The van der Waals surface area contributed by atoms with Gasteiger partial charge in [-0.15, -0.1) is 0 Å². The molecule has 0 aromatic heterocycles. The highest BCUT2D eigenvalue weighted by Crippen LogP contribution is 2.20. The molecule has 0 atom stereocenters. The maximum absolute atomic E-state index is 13.9. The number of nitrogens with zero attached hydrogens (tertiary/aromatic N) is 2. The number of nitrogens with one attached hydrogen (secondary N) is 1. The van der Waals surface area contributed by atoms with Crippen LogP contribution in [0.4, 0.5) is 10.1 Å². The molecule has 1 fully saturated rings. The Morgan fingerprint density at radius 3 is 2.57 bits per heavy atom. The van der Waals surface area contributed by atoms with Crippen molar-refractivity contribution in [2.75, 3.05) is 50.8 Å². The first-order chi connectivity index (χ1) is 14.5. The second-order valence-electron chi connectivity index (χ2n) is 7.16. The number of ether oxygens (including phenoxy) is 1. The van der Waals surface area contributed by atoms with Gasteiger partial charge in [-0.05, 0) is 43.3 Å². The number of anilines is 1. The summed E-state index contributed by atoms with van der Waals surface area (Å²) in [5.41, 5.74) is 6.22. The highest BCUT2D eigenvalue weighted by molar-refractivity contribution is 5.93. The van der Waals surface area contributed by atoms with E-state index in [1.807, 2.05) is 12.1 Å². The molecule has 0 aliphatic carbocycles. The normalized spacial score (nSPS) is 14.4. The number of hydrogen-bond acceptors (Lipinski definition) is 5. The van der Waals surface area contributed by atoms with Gasteiger partial charge in [0, 0.05) is 38.3 Å². The van der Waals surface area contributed by atoms with Crippen molar-refractivity contribution in [3.63, 3.8) is 0 Å². The zero-order valence-corrected chi connectivity index (χ0v) is 16.9. The van der Waals surface area contributed by atoms with Crippen molar-refractivity contribution in [3.8, 4) is 5.75 Å². The summed E-state index contributed by atoms with van der Waals surface area (Å²) in [6.45, 7) is 4.59. The quantitative estimate of drug-likeness (QED) is 0.609. The third-order valence-electron chi connectivity index (χ3n) is 5.03. The number of para-hydroxylation sites is 1. The van der Waals surface area contributed by atoms with E-state index in [-0.39, 0.29) is 18.3 Å². The minimum Gasteiger partial charge on any atom is -0.484 e. The van der Waals surface area contributed by atoms with Gasteiger partial charge in [0.2, 0.25) is 5.91 Å². The number of amides is 2. The zero-order chi connectivity index (χ0) is 21.3. The van der Waals surface area contributed by atoms with Gasteiger partial charge in [0.15, 0.2) is 6.61 Å². The molecule has 7 nitrogen and oxygen atoms in total. The molecule has 0 unspecified atom stereocenters. The molecule has 160 valence electrons. The highest BCUT2D eigenvalue weighted by Gasteiger charge is 2.18. The van der Waals surface area contributed by atoms with Gasteiger partial charge in [-0.2, -0.15) is 0 Å². The van der Waals surface area contributed by atoms with Gasteiger partial charge in [-0.25, -0.2) is 4.39 Å². The standard InChI is InChI=1S/C22H27FN4O3/c23-19-7-1-2-8-20(19)27-13-11-26(12-14-27)10-4-9-25-21(28)16-30-18-6-3-5-17(15-18)22(24)29/h1-3,5-8,15H,4,9-14,16H2,(H2,24,29)(H,25,28). The van der Waals surface area contributed by atoms with Crippen molar-refractivity contribution in [1.82, 2.24) is 10.2 Å². The van der Waals surface area contributed by atoms with Crippen LogP contribution in [0.15, 0.2) is 48.5 Å². The Bertz CT molecular complexity index is 869. The van der Waals surface area contributed by atoms with Crippen LogP contribution in [0, 0.1) is 5.82 Å². The van der Waals surface area contributed by atoms with Crippen LogP contribution >= 0.6 is 0 Å². The van der Waals surface area contributed by atoms with Crippen LogP contribution in [0.1, 0.15) is 16.8 Å². The van der Waals surface area contributed by atoms with Crippen molar-refractivity contribution < 1.29 is 18.7 Å². The number of halogens is 1. The van der Waals surface area contributed by atoms with Crippen LogP contribution in [-0.4, -0.2) is 62.6 Å². The molecule has 1 aliphatic rings. The Hall–Kier alpha value is -3.13. The van der Waals surface area contributed by atoms with E-state index in [1.165, 1.54) is 12.1 Å². The Morgan fingerprint density at radius 1 is 1.07 bits per heavy atom. The minimum atomic E-state index is -0.542. The minimum absolute atomic E-state index is 0.121. The number of hydrogen-bond donors (Lipinski definition) is 2. The van der Waals surface area contributed by atoms with E-state index in [2.05, 4.69) is 15.1 Å².